The maximum absolute atomic E-state index is 12.9. The smallest absolute Gasteiger partial charge is 0.252 e. The van der Waals surface area contributed by atoms with Gasteiger partial charge in [0.1, 0.15) is 5.75 Å². The van der Waals surface area contributed by atoms with Gasteiger partial charge >= 0.3 is 0 Å². The van der Waals surface area contributed by atoms with Gasteiger partial charge in [0, 0.05) is 4.90 Å². The maximum atomic E-state index is 12.9. The second kappa shape index (κ2) is 9.41. The third-order valence-corrected chi connectivity index (χ3v) is 5.34. The Balaban J connectivity index is 1.71. The van der Waals surface area contributed by atoms with Crippen LogP contribution < -0.4 is 10.1 Å². The molecule has 6 nitrogen and oxygen atoms in total. The second-order valence-electron chi connectivity index (χ2n) is 6.23. The molecule has 146 valence electrons. The molecule has 0 saturated heterocycles. The summed E-state index contributed by atoms with van der Waals surface area (Å²) in [7, 11) is 1.64. The first-order chi connectivity index (χ1) is 13.6. The number of amides is 1. The van der Waals surface area contributed by atoms with Gasteiger partial charge < -0.3 is 14.6 Å². The molecule has 0 fully saturated rings. The molecule has 3 aromatic rings. The zero-order valence-corrected chi connectivity index (χ0v) is 17.0. The van der Waals surface area contributed by atoms with E-state index in [4.69, 9.17) is 9.26 Å². The Morgan fingerprint density at radius 1 is 1.21 bits per heavy atom. The lowest BCUT2D eigenvalue weighted by atomic mass is 10.0. The molecule has 7 heteroatoms. The molecular formula is C21H23N3O3S. The van der Waals surface area contributed by atoms with Crippen LogP contribution in [0.25, 0.3) is 0 Å². The first-order valence-electron chi connectivity index (χ1n) is 9.06. The number of hydrogen-bond donors (Lipinski definition) is 1. The standard InChI is InChI=1S/C21H23N3O3S/c1-4-18(15-9-11-16(26-3)12-10-15)23-21(25)17-7-5-6-8-19(17)28-13-20-22-14(2)24-27-20/h5-12,18H,4,13H2,1-3H3,(H,23,25). The number of nitrogens with zero attached hydrogens (tertiary/aromatic N) is 2. The number of carbonyl (C=O) groups is 1. The lowest BCUT2D eigenvalue weighted by Crippen LogP contribution is -2.28. The van der Waals surface area contributed by atoms with Crippen molar-refractivity contribution in [1.29, 1.82) is 0 Å². The summed E-state index contributed by atoms with van der Waals surface area (Å²) < 4.78 is 10.4. The van der Waals surface area contributed by atoms with Crippen molar-refractivity contribution < 1.29 is 14.1 Å². The Morgan fingerprint density at radius 3 is 2.61 bits per heavy atom. The number of aromatic nitrogens is 2. The minimum Gasteiger partial charge on any atom is -0.497 e. The van der Waals surface area contributed by atoms with Gasteiger partial charge in [-0.2, -0.15) is 4.98 Å². The Hall–Kier alpha value is -2.80. The van der Waals surface area contributed by atoms with Gasteiger partial charge in [-0.3, -0.25) is 4.79 Å². The molecule has 0 bridgehead atoms. The van der Waals surface area contributed by atoms with Crippen LogP contribution >= 0.6 is 11.8 Å². The van der Waals surface area contributed by atoms with Crippen LogP contribution in [0.3, 0.4) is 0 Å². The van der Waals surface area contributed by atoms with Crippen LogP contribution in [0.15, 0.2) is 57.9 Å². The molecule has 0 aliphatic carbocycles. The van der Waals surface area contributed by atoms with E-state index in [1.807, 2.05) is 55.5 Å². The van der Waals surface area contributed by atoms with Crippen LogP contribution in [0, 0.1) is 6.92 Å². The number of hydrogen-bond acceptors (Lipinski definition) is 6. The van der Waals surface area contributed by atoms with Crippen LogP contribution in [0.1, 0.15) is 47.0 Å². The summed E-state index contributed by atoms with van der Waals surface area (Å²) in [6.45, 7) is 3.83. The van der Waals surface area contributed by atoms with Crippen LogP contribution in [-0.2, 0) is 5.75 Å². The van der Waals surface area contributed by atoms with E-state index in [1.165, 1.54) is 11.8 Å². The van der Waals surface area contributed by atoms with E-state index in [1.54, 1.807) is 14.0 Å². The van der Waals surface area contributed by atoms with Crippen molar-refractivity contribution in [1.82, 2.24) is 15.5 Å². The van der Waals surface area contributed by atoms with Crippen molar-refractivity contribution in [3.05, 3.63) is 71.4 Å². The fourth-order valence-electron chi connectivity index (χ4n) is 2.81. The predicted octanol–water partition coefficient (Wildman–Crippen LogP) is 4.56. The van der Waals surface area contributed by atoms with E-state index in [0.29, 0.717) is 23.0 Å². The SMILES string of the molecule is CCC(NC(=O)c1ccccc1SCc1nc(C)no1)c1ccc(OC)cc1. The second-order valence-corrected chi connectivity index (χ2v) is 7.24. The zero-order valence-electron chi connectivity index (χ0n) is 16.1. The number of ether oxygens (including phenoxy) is 1. The molecular weight excluding hydrogens is 374 g/mol. The molecule has 0 radical (unpaired) electrons. The summed E-state index contributed by atoms with van der Waals surface area (Å²) in [5, 5.41) is 6.93. The van der Waals surface area contributed by atoms with Gasteiger partial charge in [0.15, 0.2) is 5.82 Å². The van der Waals surface area contributed by atoms with Crippen molar-refractivity contribution >= 4 is 17.7 Å². The Morgan fingerprint density at radius 2 is 1.96 bits per heavy atom. The fourth-order valence-corrected chi connectivity index (χ4v) is 3.70. The minimum absolute atomic E-state index is 0.0740. The van der Waals surface area contributed by atoms with Crippen LogP contribution in [-0.4, -0.2) is 23.2 Å². The summed E-state index contributed by atoms with van der Waals surface area (Å²) in [6.07, 6.45) is 0.786. The van der Waals surface area contributed by atoms with E-state index < -0.39 is 0 Å². The van der Waals surface area contributed by atoms with Crippen molar-refractivity contribution in [2.45, 2.75) is 37.0 Å². The lowest BCUT2D eigenvalue weighted by Gasteiger charge is -2.19. The molecule has 28 heavy (non-hydrogen) atoms. The van der Waals surface area contributed by atoms with E-state index in [2.05, 4.69) is 15.5 Å². The van der Waals surface area contributed by atoms with E-state index in [9.17, 15) is 4.79 Å². The molecule has 1 unspecified atom stereocenters. The Labute approximate surface area is 168 Å². The molecule has 1 atom stereocenters. The largest absolute Gasteiger partial charge is 0.497 e. The summed E-state index contributed by atoms with van der Waals surface area (Å²) in [6, 6.07) is 15.2. The number of carbonyl (C=O) groups excluding carboxylic acids is 1. The number of aryl methyl sites for hydroxylation is 1. The summed E-state index contributed by atoms with van der Waals surface area (Å²) in [4.78, 5) is 18.0. The molecule has 0 saturated carbocycles. The summed E-state index contributed by atoms with van der Waals surface area (Å²) >= 11 is 1.50. The lowest BCUT2D eigenvalue weighted by molar-refractivity contribution is 0.0932. The molecule has 1 heterocycles. The van der Waals surface area contributed by atoms with Gasteiger partial charge in [0.25, 0.3) is 5.91 Å². The zero-order chi connectivity index (χ0) is 19.9. The molecule has 1 N–H and O–H groups in total. The topological polar surface area (TPSA) is 77.3 Å². The minimum atomic E-state index is -0.104. The monoisotopic (exact) mass is 397 g/mol. The van der Waals surface area contributed by atoms with Crippen LogP contribution in [0.5, 0.6) is 5.75 Å². The number of nitrogens with one attached hydrogen (secondary N) is 1. The highest BCUT2D eigenvalue weighted by molar-refractivity contribution is 7.98. The molecule has 1 aromatic heterocycles. The first kappa shape index (κ1) is 19.9. The molecule has 3 rings (SSSR count). The van der Waals surface area contributed by atoms with Crippen molar-refractivity contribution in [3.8, 4) is 5.75 Å². The van der Waals surface area contributed by atoms with Crippen LogP contribution in [0.4, 0.5) is 0 Å². The highest BCUT2D eigenvalue weighted by Gasteiger charge is 2.17. The highest BCUT2D eigenvalue weighted by Crippen LogP contribution is 2.27. The third-order valence-electron chi connectivity index (χ3n) is 4.28. The Kier molecular flexibility index (Phi) is 6.71. The predicted molar refractivity (Wildman–Crippen MR) is 109 cm³/mol. The molecule has 1 amide bonds. The number of thioether (sulfide) groups is 1. The maximum Gasteiger partial charge on any atom is 0.252 e. The van der Waals surface area contributed by atoms with Gasteiger partial charge in [-0.15, -0.1) is 11.8 Å². The van der Waals surface area contributed by atoms with Gasteiger partial charge in [-0.1, -0.05) is 36.3 Å². The molecule has 0 spiro atoms. The van der Waals surface area contributed by atoms with Crippen molar-refractivity contribution in [3.63, 3.8) is 0 Å². The van der Waals surface area contributed by atoms with Gasteiger partial charge in [-0.05, 0) is 43.2 Å². The van der Waals surface area contributed by atoms with Crippen molar-refractivity contribution in [2.75, 3.05) is 7.11 Å². The molecule has 0 aliphatic heterocycles. The molecule has 2 aromatic carbocycles. The van der Waals surface area contributed by atoms with E-state index >= 15 is 0 Å². The third kappa shape index (κ3) is 4.92. The van der Waals surface area contributed by atoms with Crippen LogP contribution in [0.2, 0.25) is 0 Å². The van der Waals surface area contributed by atoms with Gasteiger partial charge in [0.05, 0.1) is 24.5 Å². The van der Waals surface area contributed by atoms with Gasteiger partial charge in [-0.25, -0.2) is 0 Å². The average molecular weight is 398 g/mol. The normalized spacial score (nSPS) is 11.8. The molecule has 0 aliphatic rings. The quantitative estimate of drug-likeness (QED) is 0.562. The fraction of sp³-hybridized carbons (Fsp3) is 0.286. The van der Waals surface area contributed by atoms with E-state index in [-0.39, 0.29) is 11.9 Å². The average Bonchev–Trinajstić information content (AvgIpc) is 3.15. The number of methoxy groups -OCH3 is 1. The summed E-state index contributed by atoms with van der Waals surface area (Å²) in [5.41, 5.74) is 1.68. The Bertz CT molecular complexity index is 925. The highest BCUT2D eigenvalue weighted by atomic mass is 32.2. The summed E-state index contributed by atoms with van der Waals surface area (Å²) in [5.74, 6) is 2.35. The van der Waals surface area contributed by atoms with Crippen molar-refractivity contribution in [2.24, 2.45) is 0 Å². The number of rotatable bonds is 8. The van der Waals surface area contributed by atoms with E-state index in [0.717, 1.165) is 22.6 Å². The first-order valence-corrected chi connectivity index (χ1v) is 10.0. The van der Waals surface area contributed by atoms with Gasteiger partial charge in [0.2, 0.25) is 5.89 Å². The number of benzene rings is 2.